The summed E-state index contributed by atoms with van der Waals surface area (Å²) >= 11 is 0. The molecule has 168 valence electrons. The van der Waals surface area contributed by atoms with E-state index < -0.39 is 26.9 Å². The van der Waals surface area contributed by atoms with Crippen LogP contribution in [-0.4, -0.2) is 39.0 Å². The number of carbonyl (C=O) groups excluding carboxylic acids is 1. The summed E-state index contributed by atoms with van der Waals surface area (Å²) in [5, 5.41) is 17.3. The molecule has 0 radical (unpaired) electrons. The molecule has 2 N–H and O–H groups in total. The number of rotatable bonds is 7. The molecule has 3 rings (SSSR count). The van der Waals surface area contributed by atoms with Gasteiger partial charge in [0.05, 0.1) is 21.8 Å². The SMILES string of the molecule is Cc1cc(C)nc(NS(=O)(=O)c2ccc(NC(=O)C(C)n3nc([N+](=O)[O-])cc3C)cc2)n1. The Labute approximate surface area is 183 Å². The van der Waals surface area contributed by atoms with Crippen LogP contribution in [0.5, 0.6) is 0 Å². The van der Waals surface area contributed by atoms with Gasteiger partial charge in [-0.1, -0.05) is 0 Å². The summed E-state index contributed by atoms with van der Waals surface area (Å²) < 4.78 is 28.8. The van der Waals surface area contributed by atoms with Gasteiger partial charge in [-0.3, -0.25) is 4.79 Å². The Balaban J connectivity index is 1.72. The van der Waals surface area contributed by atoms with Gasteiger partial charge in [-0.2, -0.15) is 4.68 Å². The van der Waals surface area contributed by atoms with Crippen LogP contribution < -0.4 is 10.0 Å². The van der Waals surface area contributed by atoms with Gasteiger partial charge in [0.1, 0.15) is 6.04 Å². The number of anilines is 2. The predicted molar refractivity (Wildman–Crippen MR) is 116 cm³/mol. The minimum Gasteiger partial charge on any atom is -0.358 e. The average molecular weight is 459 g/mol. The fraction of sp³-hybridized carbons (Fsp3) is 0.263. The van der Waals surface area contributed by atoms with Gasteiger partial charge < -0.3 is 15.4 Å². The maximum atomic E-state index is 12.6. The van der Waals surface area contributed by atoms with Crippen molar-refractivity contribution in [1.82, 2.24) is 19.7 Å². The Kier molecular flexibility index (Phi) is 6.20. The van der Waals surface area contributed by atoms with Crippen LogP contribution in [0.1, 0.15) is 30.0 Å². The van der Waals surface area contributed by atoms with E-state index in [0.717, 1.165) is 0 Å². The van der Waals surface area contributed by atoms with Crippen LogP contribution in [0.4, 0.5) is 17.5 Å². The minimum atomic E-state index is -3.93. The third kappa shape index (κ3) is 5.06. The Morgan fingerprint density at radius 3 is 2.22 bits per heavy atom. The largest absolute Gasteiger partial charge is 0.390 e. The molecule has 2 aromatic heterocycles. The van der Waals surface area contributed by atoms with E-state index in [1.54, 1.807) is 33.8 Å². The molecule has 0 saturated carbocycles. The molecule has 0 aliphatic heterocycles. The molecule has 1 aromatic carbocycles. The molecule has 0 saturated heterocycles. The smallest absolute Gasteiger partial charge is 0.358 e. The van der Waals surface area contributed by atoms with Gasteiger partial charge in [0.25, 0.3) is 15.9 Å². The van der Waals surface area contributed by atoms with E-state index in [-0.39, 0.29) is 16.7 Å². The van der Waals surface area contributed by atoms with Crippen LogP contribution in [-0.2, 0) is 14.8 Å². The summed E-state index contributed by atoms with van der Waals surface area (Å²) in [5.74, 6) is -0.849. The van der Waals surface area contributed by atoms with Crippen molar-refractivity contribution in [3.63, 3.8) is 0 Å². The van der Waals surface area contributed by atoms with E-state index in [0.29, 0.717) is 22.8 Å². The first kappa shape index (κ1) is 22.8. The van der Waals surface area contributed by atoms with Crippen molar-refractivity contribution < 1.29 is 18.1 Å². The van der Waals surface area contributed by atoms with Crippen molar-refractivity contribution in [2.24, 2.45) is 0 Å². The monoisotopic (exact) mass is 459 g/mol. The van der Waals surface area contributed by atoms with Crippen LogP contribution in [0.3, 0.4) is 0 Å². The molecule has 2 heterocycles. The molecule has 1 atom stereocenters. The number of hydrogen-bond donors (Lipinski definition) is 2. The molecular formula is C19H21N7O5S. The standard InChI is InChI=1S/C19H21N7O5S/c1-11-9-12(2)21-19(20-11)24-32(30,31)16-7-5-15(6-8-16)22-18(27)14(4)25-13(3)10-17(23-25)26(28)29/h5-10,14H,1-4H3,(H,22,27)(H,20,21,24). The molecule has 1 unspecified atom stereocenters. The number of nitrogens with one attached hydrogen (secondary N) is 2. The summed E-state index contributed by atoms with van der Waals surface area (Å²) in [5.41, 5.74) is 2.06. The lowest BCUT2D eigenvalue weighted by Gasteiger charge is -2.12. The first-order chi connectivity index (χ1) is 15.0. The highest BCUT2D eigenvalue weighted by Crippen LogP contribution is 2.20. The number of amides is 1. The molecular weight excluding hydrogens is 438 g/mol. The van der Waals surface area contributed by atoms with E-state index >= 15 is 0 Å². The summed E-state index contributed by atoms with van der Waals surface area (Å²) in [6.07, 6.45) is 0. The van der Waals surface area contributed by atoms with Crippen molar-refractivity contribution in [3.8, 4) is 0 Å². The quantitative estimate of drug-likeness (QED) is 0.402. The Morgan fingerprint density at radius 2 is 1.69 bits per heavy atom. The zero-order chi connectivity index (χ0) is 23.6. The number of aryl methyl sites for hydroxylation is 3. The number of carbonyl (C=O) groups is 1. The first-order valence-corrected chi connectivity index (χ1v) is 10.9. The lowest BCUT2D eigenvalue weighted by atomic mass is 10.2. The Bertz CT molecular complexity index is 1270. The minimum absolute atomic E-state index is 0.0302. The number of benzene rings is 1. The second-order valence-electron chi connectivity index (χ2n) is 7.12. The van der Waals surface area contributed by atoms with Crippen LogP contribution in [0, 0.1) is 30.9 Å². The van der Waals surface area contributed by atoms with E-state index in [1.807, 2.05) is 0 Å². The molecule has 13 heteroatoms. The maximum absolute atomic E-state index is 12.6. The summed E-state index contributed by atoms with van der Waals surface area (Å²) in [4.78, 5) is 30.9. The Morgan fingerprint density at radius 1 is 1.09 bits per heavy atom. The molecule has 0 aliphatic carbocycles. The van der Waals surface area contributed by atoms with Crippen LogP contribution in [0.15, 0.2) is 41.3 Å². The fourth-order valence-electron chi connectivity index (χ4n) is 2.98. The first-order valence-electron chi connectivity index (χ1n) is 9.43. The molecule has 1 amide bonds. The molecule has 32 heavy (non-hydrogen) atoms. The van der Waals surface area contributed by atoms with Gasteiger partial charge in [0.2, 0.25) is 5.95 Å². The number of nitro groups is 1. The van der Waals surface area contributed by atoms with Gasteiger partial charge in [-0.15, -0.1) is 0 Å². The number of aromatic nitrogens is 4. The predicted octanol–water partition coefficient (Wildman–Crippen LogP) is 2.51. The maximum Gasteiger partial charge on any atom is 0.390 e. The molecule has 12 nitrogen and oxygen atoms in total. The molecule has 3 aromatic rings. The zero-order valence-corrected chi connectivity index (χ0v) is 18.5. The lowest BCUT2D eigenvalue weighted by Crippen LogP contribution is -2.25. The van der Waals surface area contributed by atoms with Crippen LogP contribution >= 0.6 is 0 Å². The van der Waals surface area contributed by atoms with E-state index in [9.17, 15) is 23.3 Å². The van der Waals surface area contributed by atoms with Gasteiger partial charge in [-0.25, -0.2) is 23.1 Å². The molecule has 0 aliphatic rings. The molecule has 0 spiro atoms. The second kappa shape index (κ2) is 8.70. The lowest BCUT2D eigenvalue weighted by molar-refractivity contribution is -0.389. The second-order valence-corrected chi connectivity index (χ2v) is 8.80. The molecule has 0 bridgehead atoms. The summed E-state index contributed by atoms with van der Waals surface area (Å²) in [6.45, 7) is 6.61. The third-order valence-electron chi connectivity index (χ3n) is 4.48. The summed E-state index contributed by atoms with van der Waals surface area (Å²) in [7, 11) is -3.93. The topological polar surface area (TPSA) is 162 Å². The Hall–Kier alpha value is -3.87. The number of nitrogens with zero attached hydrogens (tertiary/aromatic N) is 5. The van der Waals surface area contributed by atoms with Crippen molar-refractivity contribution >= 4 is 33.4 Å². The third-order valence-corrected chi connectivity index (χ3v) is 5.83. The fourth-order valence-corrected chi connectivity index (χ4v) is 3.92. The molecule has 0 fully saturated rings. The number of hydrogen-bond acceptors (Lipinski definition) is 8. The van der Waals surface area contributed by atoms with E-state index in [4.69, 9.17) is 0 Å². The highest BCUT2D eigenvalue weighted by Gasteiger charge is 2.25. The van der Waals surface area contributed by atoms with E-state index in [2.05, 4.69) is 25.1 Å². The van der Waals surface area contributed by atoms with Gasteiger partial charge in [0.15, 0.2) is 0 Å². The van der Waals surface area contributed by atoms with Crippen LogP contribution in [0.2, 0.25) is 0 Å². The van der Waals surface area contributed by atoms with Crippen molar-refractivity contribution in [3.05, 3.63) is 63.6 Å². The van der Waals surface area contributed by atoms with Crippen molar-refractivity contribution in [2.75, 3.05) is 10.0 Å². The van der Waals surface area contributed by atoms with Crippen molar-refractivity contribution in [2.45, 2.75) is 38.6 Å². The van der Waals surface area contributed by atoms with Crippen molar-refractivity contribution in [1.29, 1.82) is 0 Å². The normalized spacial score (nSPS) is 12.2. The van der Waals surface area contributed by atoms with Crippen LogP contribution in [0.25, 0.3) is 0 Å². The highest BCUT2D eigenvalue weighted by atomic mass is 32.2. The highest BCUT2D eigenvalue weighted by molar-refractivity contribution is 7.92. The van der Waals surface area contributed by atoms with Gasteiger partial charge in [-0.05, 0) is 63.0 Å². The average Bonchev–Trinajstić information content (AvgIpc) is 3.08. The van der Waals surface area contributed by atoms with Gasteiger partial charge >= 0.3 is 5.82 Å². The van der Waals surface area contributed by atoms with Gasteiger partial charge in [0, 0.05) is 17.1 Å². The summed E-state index contributed by atoms with van der Waals surface area (Å²) in [6, 6.07) is 7.69. The zero-order valence-electron chi connectivity index (χ0n) is 17.7. The van der Waals surface area contributed by atoms with E-state index in [1.165, 1.54) is 35.0 Å². The number of sulfonamides is 1.